The van der Waals surface area contributed by atoms with Gasteiger partial charge in [-0.1, -0.05) is 24.3 Å². The van der Waals surface area contributed by atoms with Crippen molar-refractivity contribution in [3.05, 3.63) is 95.3 Å². The molecular formula is C23H22FN3O3. The third-order valence-electron chi connectivity index (χ3n) is 4.36. The van der Waals surface area contributed by atoms with Gasteiger partial charge in [0, 0.05) is 24.3 Å². The number of anilines is 1. The first kappa shape index (κ1) is 20.9. The standard InChI is InChI=1S/C23H22FN3O3/c1-30-21-4-2-3-17(13-21)15-26-23(29)27-20-11-7-18(8-12-20)22(28)25-14-16-5-9-19(24)10-6-16/h2-13H,14-15H2,1H3,(H,25,28)(H2,26,27,29). The second kappa shape index (κ2) is 10.1. The van der Waals surface area contributed by atoms with Crippen LogP contribution in [0.4, 0.5) is 14.9 Å². The van der Waals surface area contributed by atoms with E-state index in [-0.39, 0.29) is 17.8 Å². The highest BCUT2D eigenvalue weighted by Gasteiger charge is 2.07. The molecule has 0 fully saturated rings. The smallest absolute Gasteiger partial charge is 0.319 e. The molecule has 0 aliphatic rings. The molecule has 0 aliphatic carbocycles. The van der Waals surface area contributed by atoms with Gasteiger partial charge in [0.05, 0.1) is 7.11 Å². The molecule has 0 aliphatic heterocycles. The van der Waals surface area contributed by atoms with Gasteiger partial charge in [-0.25, -0.2) is 9.18 Å². The number of carbonyl (C=O) groups excluding carboxylic acids is 2. The van der Waals surface area contributed by atoms with Crippen LogP contribution in [0.2, 0.25) is 0 Å². The minimum Gasteiger partial charge on any atom is -0.497 e. The summed E-state index contributed by atoms with van der Waals surface area (Å²) in [4.78, 5) is 24.3. The lowest BCUT2D eigenvalue weighted by molar-refractivity contribution is 0.0951. The Hall–Kier alpha value is -3.87. The number of ether oxygens (including phenoxy) is 1. The number of nitrogens with one attached hydrogen (secondary N) is 3. The molecule has 3 aromatic carbocycles. The molecule has 6 nitrogen and oxygen atoms in total. The van der Waals surface area contributed by atoms with E-state index in [0.717, 1.165) is 16.9 Å². The first-order valence-electron chi connectivity index (χ1n) is 9.34. The van der Waals surface area contributed by atoms with Gasteiger partial charge in [0.1, 0.15) is 11.6 Å². The highest BCUT2D eigenvalue weighted by molar-refractivity contribution is 5.95. The Morgan fingerprint density at radius 1 is 0.867 bits per heavy atom. The fourth-order valence-corrected chi connectivity index (χ4v) is 2.73. The minimum absolute atomic E-state index is 0.256. The molecular weight excluding hydrogens is 385 g/mol. The zero-order chi connectivity index (χ0) is 21.3. The van der Waals surface area contributed by atoms with Crippen LogP contribution in [0, 0.1) is 5.82 Å². The number of hydrogen-bond acceptors (Lipinski definition) is 3. The first-order valence-corrected chi connectivity index (χ1v) is 9.34. The molecule has 0 unspecified atom stereocenters. The molecule has 3 aromatic rings. The van der Waals surface area contributed by atoms with Crippen molar-refractivity contribution in [1.29, 1.82) is 0 Å². The molecule has 0 aromatic heterocycles. The van der Waals surface area contributed by atoms with E-state index in [2.05, 4.69) is 16.0 Å². The molecule has 0 saturated heterocycles. The van der Waals surface area contributed by atoms with Crippen LogP contribution >= 0.6 is 0 Å². The monoisotopic (exact) mass is 407 g/mol. The maximum atomic E-state index is 12.9. The fourth-order valence-electron chi connectivity index (χ4n) is 2.73. The molecule has 3 N–H and O–H groups in total. The fraction of sp³-hybridized carbons (Fsp3) is 0.130. The largest absolute Gasteiger partial charge is 0.497 e. The van der Waals surface area contributed by atoms with E-state index < -0.39 is 0 Å². The van der Waals surface area contributed by atoms with Crippen molar-refractivity contribution in [2.75, 3.05) is 12.4 Å². The number of benzene rings is 3. The lowest BCUT2D eigenvalue weighted by atomic mass is 10.1. The topological polar surface area (TPSA) is 79.5 Å². The summed E-state index contributed by atoms with van der Waals surface area (Å²) in [7, 11) is 1.59. The number of urea groups is 1. The van der Waals surface area contributed by atoms with Gasteiger partial charge in [0.2, 0.25) is 0 Å². The van der Waals surface area contributed by atoms with Gasteiger partial charge in [0.25, 0.3) is 5.91 Å². The highest BCUT2D eigenvalue weighted by Crippen LogP contribution is 2.13. The molecule has 0 radical (unpaired) electrons. The Labute approximate surface area is 174 Å². The van der Waals surface area contributed by atoms with Crippen molar-refractivity contribution in [3.8, 4) is 5.75 Å². The second-order valence-electron chi connectivity index (χ2n) is 6.55. The summed E-state index contributed by atoms with van der Waals surface area (Å²) in [5, 5.41) is 8.26. The maximum absolute atomic E-state index is 12.9. The summed E-state index contributed by atoms with van der Waals surface area (Å²) in [6.45, 7) is 0.651. The van der Waals surface area contributed by atoms with Crippen molar-refractivity contribution in [1.82, 2.24) is 10.6 Å². The van der Waals surface area contributed by atoms with Gasteiger partial charge in [-0.2, -0.15) is 0 Å². The van der Waals surface area contributed by atoms with Gasteiger partial charge >= 0.3 is 6.03 Å². The van der Waals surface area contributed by atoms with E-state index in [1.807, 2.05) is 24.3 Å². The number of amides is 3. The van der Waals surface area contributed by atoms with Crippen LogP contribution in [0.3, 0.4) is 0 Å². The Kier molecular flexibility index (Phi) is 7.00. The SMILES string of the molecule is COc1cccc(CNC(=O)Nc2ccc(C(=O)NCc3ccc(F)cc3)cc2)c1. The van der Waals surface area contributed by atoms with Crippen LogP contribution in [-0.2, 0) is 13.1 Å². The van der Waals surface area contributed by atoms with Gasteiger partial charge in [-0.3, -0.25) is 4.79 Å². The number of carbonyl (C=O) groups is 2. The van der Waals surface area contributed by atoms with Crippen LogP contribution in [0.25, 0.3) is 0 Å². The molecule has 3 amide bonds. The van der Waals surface area contributed by atoms with Crippen LogP contribution in [-0.4, -0.2) is 19.0 Å². The van der Waals surface area contributed by atoms with Crippen molar-refractivity contribution in [2.24, 2.45) is 0 Å². The van der Waals surface area contributed by atoms with Crippen LogP contribution in [0.5, 0.6) is 5.75 Å². The van der Waals surface area contributed by atoms with E-state index in [9.17, 15) is 14.0 Å². The maximum Gasteiger partial charge on any atom is 0.319 e. The summed E-state index contributed by atoms with van der Waals surface area (Å²) in [5.41, 5.74) is 2.74. The Balaban J connectivity index is 1.47. The molecule has 0 saturated carbocycles. The average Bonchev–Trinajstić information content (AvgIpc) is 2.78. The molecule has 0 atom stereocenters. The van der Waals surface area contributed by atoms with E-state index >= 15 is 0 Å². The van der Waals surface area contributed by atoms with E-state index in [1.165, 1.54) is 12.1 Å². The third-order valence-corrected chi connectivity index (χ3v) is 4.36. The van der Waals surface area contributed by atoms with Gasteiger partial charge < -0.3 is 20.7 Å². The van der Waals surface area contributed by atoms with Gasteiger partial charge in [0.15, 0.2) is 0 Å². The summed E-state index contributed by atoms with van der Waals surface area (Å²) in [6, 6.07) is 19.6. The van der Waals surface area contributed by atoms with E-state index in [1.54, 1.807) is 43.5 Å². The number of hydrogen-bond donors (Lipinski definition) is 3. The van der Waals surface area contributed by atoms with E-state index in [0.29, 0.717) is 24.3 Å². The second-order valence-corrected chi connectivity index (χ2v) is 6.55. The van der Waals surface area contributed by atoms with Crippen molar-refractivity contribution >= 4 is 17.6 Å². The Bertz CT molecular complexity index is 1000. The number of methoxy groups -OCH3 is 1. The average molecular weight is 407 g/mol. The van der Waals surface area contributed by atoms with Crippen LogP contribution < -0.4 is 20.7 Å². The molecule has 7 heteroatoms. The molecule has 3 rings (SSSR count). The van der Waals surface area contributed by atoms with E-state index in [4.69, 9.17) is 4.74 Å². The molecule has 0 heterocycles. The zero-order valence-electron chi connectivity index (χ0n) is 16.4. The normalized spacial score (nSPS) is 10.2. The zero-order valence-corrected chi connectivity index (χ0v) is 16.4. The summed E-state index contributed by atoms with van der Waals surface area (Å²) < 4.78 is 18.1. The summed E-state index contributed by atoms with van der Waals surface area (Å²) >= 11 is 0. The molecule has 0 bridgehead atoms. The molecule has 0 spiro atoms. The Morgan fingerprint density at radius 3 is 2.27 bits per heavy atom. The third kappa shape index (κ3) is 6.07. The Morgan fingerprint density at radius 2 is 1.57 bits per heavy atom. The molecule has 154 valence electrons. The van der Waals surface area contributed by atoms with Crippen LogP contribution in [0.15, 0.2) is 72.8 Å². The molecule has 30 heavy (non-hydrogen) atoms. The number of rotatable bonds is 7. The predicted octanol–water partition coefficient (Wildman–Crippen LogP) is 4.09. The summed E-state index contributed by atoms with van der Waals surface area (Å²) in [6.07, 6.45) is 0. The lowest BCUT2D eigenvalue weighted by Gasteiger charge is -2.10. The predicted molar refractivity (Wildman–Crippen MR) is 113 cm³/mol. The van der Waals surface area contributed by atoms with Gasteiger partial charge in [-0.15, -0.1) is 0 Å². The minimum atomic E-state index is -0.355. The van der Waals surface area contributed by atoms with Crippen molar-refractivity contribution in [2.45, 2.75) is 13.1 Å². The highest BCUT2D eigenvalue weighted by atomic mass is 19.1. The lowest BCUT2D eigenvalue weighted by Crippen LogP contribution is -2.28. The quantitative estimate of drug-likeness (QED) is 0.552. The first-order chi connectivity index (χ1) is 14.5. The van der Waals surface area contributed by atoms with Crippen molar-refractivity contribution < 1.29 is 18.7 Å². The summed E-state index contributed by atoms with van der Waals surface area (Å²) in [5.74, 6) is 0.150. The van der Waals surface area contributed by atoms with Crippen LogP contribution in [0.1, 0.15) is 21.5 Å². The van der Waals surface area contributed by atoms with Gasteiger partial charge in [-0.05, 0) is 59.7 Å². The van der Waals surface area contributed by atoms with Crippen molar-refractivity contribution in [3.63, 3.8) is 0 Å². The number of halogens is 1.